The van der Waals surface area contributed by atoms with Crippen LogP contribution >= 0.6 is 0 Å². The summed E-state index contributed by atoms with van der Waals surface area (Å²) < 4.78 is 41.7. The summed E-state index contributed by atoms with van der Waals surface area (Å²) in [6.45, 7) is 5.17. The third kappa shape index (κ3) is 5.08. The van der Waals surface area contributed by atoms with Crippen molar-refractivity contribution in [3.05, 3.63) is 0 Å². The van der Waals surface area contributed by atoms with E-state index in [-0.39, 0.29) is 6.54 Å². The van der Waals surface area contributed by atoms with Crippen LogP contribution in [0.25, 0.3) is 0 Å². The molecule has 1 fully saturated rings. The molecule has 110 valence electrons. The Labute approximate surface area is 109 Å². The van der Waals surface area contributed by atoms with Gasteiger partial charge in [-0.1, -0.05) is 0 Å². The molecular formula is C12H18F3NO3. The smallest absolute Gasteiger partial charge is 0.397 e. The molecule has 0 N–H and O–H groups in total. The molecule has 0 aromatic rings. The van der Waals surface area contributed by atoms with E-state index in [2.05, 4.69) is 0 Å². The van der Waals surface area contributed by atoms with Crippen LogP contribution in [0.2, 0.25) is 0 Å². The number of alkyl halides is 3. The normalized spacial score (nSPS) is 20.5. The molecule has 0 radical (unpaired) electrons. The highest BCUT2D eigenvalue weighted by Gasteiger charge is 2.41. The molecule has 1 amide bonds. The maximum Gasteiger partial charge on any atom is 0.397 e. The zero-order valence-corrected chi connectivity index (χ0v) is 11.2. The molecular weight excluding hydrogens is 263 g/mol. The van der Waals surface area contributed by atoms with Gasteiger partial charge in [0, 0.05) is 6.54 Å². The Hall–Kier alpha value is -1.27. The lowest BCUT2D eigenvalue weighted by molar-refractivity contribution is -0.171. The lowest BCUT2D eigenvalue weighted by Gasteiger charge is -2.27. The largest absolute Gasteiger partial charge is 0.458 e. The van der Waals surface area contributed by atoms with Crippen LogP contribution in [-0.4, -0.2) is 41.1 Å². The van der Waals surface area contributed by atoms with E-state index in [4.69, 9.17) is 4.74 Å². The molecule has 1 saturated heterocycles. The van der Waals surface area contributed by atoms with E-state index in [0.717, 1.165) is 4.90 Å². The number of carbonyl (C=O) groups excluding carboxylic acids is 2. The quantitative estimate of drug-likeness (QED) is 0.729. The minimum atomic E-state index is -4.56. The van der Waals surface area contributed by atoms with Crippen molar-refractivity contribution < 1.29 is 27.5 Å². The first kappa shape index (κ1) is 15.8. The van der Waals surface area contributed by atoms with E-state index in [0.29, 0.717) is 12.8 Å². The van der Waals surface area contributed by atoms with Crippen LogP contribution in [0.15, 0.2) is 0 Å². The van der Waals surface area contributed by atoms with Gasteiger partial charge >= 0.3 is 12.1 Å². The van der Waals surface area contributed by atoms with Crippen LogP contribution in [-0.2, 0) is 14.3 Å². The molecule has 1 heterocycles. The van der Waals surface area contributed by atoms with Crippen molar-refractivity contribution in [2.45, 2.75) is 57.9 Å². The van der Waals surface area contributed by atoms with E-state index in [1.165, 1.54) is 0 Å². The summed E-state index contributed by atoms with van der Waals surface area (Å²) in [5.41, 5.74) is -0.724. The van der Waals surface area contributed by atoms with Crippen molar-refractivity contribution in [2.24, 2.45) is 0 Å². The molecule has 1 aliphatic rings. The second kappa shape index (κ2) is 5.38. The lowest BCUT2D eigenvalue weighted by atomic mass is 10.1. The van der Waals surface area contributed by atoms with E-state index < -0.39 is 36.1 Å². The number of halogens is 3. The fourth-order valence-corrected chi connectivity index (χ4v) is 1.95. The summed E-state index contributed by atoms with van der Waals surface area (Å²) in [4.78, 5) is 24.4. The standard InChI is InChI=1S/C12H18F3NO3/c1-11(2,3)19-10(18)8-5-4-6-16(8)9(17)7-12(13,14)15/h8H,4-7H2,1-3H3/t8-/m1/s1. The fourth-order valence-electron chi connectivity index (χ4n) is 1.95. The van der Waals surface area contributed by atoms with E-state index >= 15 is 0 Å². The molecule has 0 aliphatic carbocycles. The summed E-state index contributed by atoms with van der Waals surface area (Å²) in [5.74, 6) is -1.71. The third-order valence-corrected chi connectivity index (χ3v) is 2.60. The van der Waals surface area contributed by atoms with E-state index in [1.807, 2.05) is 0 Å². The number of likely N-dealkylation sites (tertiary alicyclic amines) is 1. The van der Waals surface area contributed by atoms with Crippen molar-refractivity contribution in [2.75, 3.05) is 6.54 Å². The number of nitrogens with zero attached hydrogens (tertiary/aromatic N) is 1. The monoisotopic (exact) mass is 281 g/mol. The second-order valence-electron chi connectivity index (χ2n) is 5.57. The Morgan fingerprint density at radius 2 is 1.84 bits per heavy atom. The van der Waals surface area contributed by atoms with Crippen LogP contribution in [0.1, 0.15) is 40.0 Å². The number of hydrogen-bond donors (Lipinski definition) is 0. The van der Waals surface area contributed by atoms with Crippen LogP contribution in [0.3, 0.4) is 0 Å². The third-order valence-electron chi connectivity index (χ3n) is 2.60. The van der Waals surface area contributed by atoms with Crippen molar-refractivity contribution >= 4 is 11.9 Å². The Morgan fingerprint density at radius 3 is 2.32 bits per heavy atom. The van der Waals surface area contributed by atoms with E-state index in [9.17, 15) is 22.8 Å². The first-order valence-corrected chi connectivity index (χ1v) is 6.09. The number of amides is 1. The van der Waals surface area contributed by atoms with Crippen LogP contribution in [0.4, 0.5) is 13.2 Å². The number of hydrogen-bond acceptors (Lipinski definition) is 3. The van der Waals surface area contributed by atoms with E-state index in [1.54, 1.807) is 20.8 Å². The van der Waals surface area contributed by atoms with Gasteiger partial charge in [0.15, 0.2) is 0 Å². The predicted octanol–water partition coefficient (Wildman–Crippen LogP) is 2.27. The molecule has 4 nitrogen and oxygen atoms in total. The Morgan fingerprint density at radius 1 is 1.26 bits per heavy atom. The van der Waals surface area contributed by atoms with Gasteiger partial charge in [0.05, 0.1) is 0 Å². The maximum absolute atomic E-state index is 12.2. The fraction of sp³-hybridized carbons (Fsp3) is 0.833. The Kier molecular flexibility index (Phi) is 4.47. The molecule has 0 spiro atoms. The van der Waals surface area contributed by atoms with Gasteiger partial charge in [0.25, 0.3) is 0 Å². The molecule has 0 bridgehead atoms. The molecule has 0 unspecified atom stereocenters. The van der Waals surface area contributed by atoms with Gasteiger partial charge < -0.3 is 9.64 Å². The zero-order chi connectivity index (χ0) is 14.8. The summed E-state index contributed by atoms with van der Waals surface area (Å²) in [6, 6.07) is -0.894. The van der Waals surface area contributed by atoms with Gasteiger partial charge in [0.2, 0.25) is 5.91 Å². The minimum Gasteiger partial charge on any atom is -0.458 e. The van der Waals surface area contributed by atoms with Crippen molar-refractivity contribution in [1.82, 2.24) is 4.90 Å². The van der Waals surface area contributed by atoms with Crippen molar-refractivity contribution in [1.29, 1.82) is 0 Å². The number of carbonyl (C=O) groups is 2. The summed E-state index contributed by atoms with van der Waals surface area (Å²) >= 11 is 0. The lowest BCUT2D eigenvalue weighted by Crippen LogP contribution is -2.44. The number of rotatable bonds is 2. The van der Waals surface area contributed by atoms with Crippen molar-refractivity contribution in [3.63, 3.8) is 0 Å². The molecule has 1 rings (SSSR count). The van der Waals surface area contributed by atoms with Crippen LogP contribution in [0.5, 0.6) is 0 Å². The van der Waals surface area contributed by atoms with Gasteiger partial charge in [0.1, 0.15) is 18.1 Å². The van der Waals surface area contributed by atoms with Crippen LogP contribution in [0, 0.1) is 0 Å². The highest BCUT2D eigenvalue weighted by molar-refractivity contribution is 5.85. The summed E-state index contributed by atoms with van der Waals surface area (Å²) in [5, 5.41) is 0. The SMILES string of the molecule is CC(C)(C)OC(=O)[C@H]1CCCN1C(=O)CC(F)(F)F. The Bertz CT molecular complexity index is 326. The molecule has 0 saturated carbocycles. The second-order valence-corrected chi connectivity index (χ2v) is 5.57. The van der Waals surface area contributed by atoms with Crippen molar-refractivity contribution in [3.8, 4) is 0 Å². The number of esters is 1. The molecule has 0 aromatic carbocycles. The van der Waals surface area contributed by atoms with Gasteiger partial charge in [-0.2, -0.15) is 13.2 Å². The zero-order valence-electron chi connectivity index (χ0n) is 11.2. The molecule has 19 heavy (non-hydrogen) atoms. The van der Waals surface area contributed by atoms with Gasteiger partial charge in [-0.25, -0.2) is 4.79 Å². The van der Waals surface area contributed by atoms with Gasteiger partial charge in [-0.15, -0.1) is 0 Å². The highest BCUT2D eigenvalue weighted by atomic mass is 19.4. The minimum absolute atomic E-state index is 0.165. The average molecular weight is 281 g/mol. The maximum atomic E-state index is 12.2. The molecule has 0 aromatic heterocycles. The van der Waals surface area contributed by atoms with Gasteiger partial charge in [-0.3, -0.25) is 4.79 Å². The first-order valence-electron chi connectivity index (χ1n) is 6.09. The highest BCUT2D eigenvalue weighted by Crippen LogP contribution is 2.26. The number of ether oxygens (including phenoxy) is 1. The first-order chi connectivity index (χ1) is 8.49. The summed E-state index contributed by atoms with van der Waals surface area (Å²) in [6.07, 6.45) is -5.24. The predicted molar refractivity (Wildman–Crippen MR) is 61.3 cm³/mol. The Balaban J connectivity index is 2.69. The topological polar surface area (TPSA) is 46.6 Å². The molecule has 1 aliphatic heterocycles. The van der Waals surface area contributed by atoms with Gasteiger partial charge in [-0.05, 0) is 33.6 Å². The summed E-state index contributed by atoms with van der Waals surface area (Å²) in [7, 11) is 0. The molecule has 1 atom stereocenters. The molecule has 7 heteroatoms. The van der Waals surface area contributed by atoms with Crippen LogP contribution < -0.4 is 0 Å². The average Bonchev–Trinajstić information content (AvgIpc) is 2.59.